The van der Waals surface area contributed by atoms with Crippen molar-refractivity contribution in [3.05, 3.63) is 23.8 Å². The van der Waals surface area contributed by atoms with Crippen LogP contribution in [0.5, 0.6) is 0 Å². The highest BCUT2D eigenvalue weighted by molar-refractivity contribution is 5.95. The Morgan fingerprint density at radius 3 is 2.63 bits per heavy atom. The molecule has 0 aliphatic carbocycles. The van der Waals surface area contributed by atoms with E-state index in [1.807, 2.05) is 4.90 Å². The normalized spacial score (nSPS) is 20.7. The summed E-state index contributed by atoms with van der Waals surface area (Å²) in [7, 11) is 0. The van der Waals surface area contributed by atoms with Crippen LogP contribution in [0.2, 0.25) is 0 Å². The number of carbonyl (C=O) groups excluding carboxylic acids is 1. The molecule has 1 amide bonds. The highest BCUT2D eigenvalue weighted by Crippen LogP contribution is 2.36. The van der Waals surface area contributed by atoms with Crippen molar-refractivity contribution in [1.29, 1.82) is 0 Å². The second-order valence-corrected chi connectivity index (χ2v) is 7.09. The number of carbonyl (C=O) groups is 1. The number of hydrogen-bond acceptors (Lipinski definition) is 4. The van der Waals surface area contributed by atoms with Crippen LogP contribution in [0.3, 0.4) is 0 Å². The Kier molecular flexibility index (Phi) is 6.59. The molecule has 0 spiro atoms. The van der Waals surface area contributed by atoms with Crippen molar-refractivity contribution in [2.45, 2.75) is 44.4 Å². The van der Waals surface area contributed by atoms with E-state index in [9.17, 15) is 18.0 Å². The predicted octanol–water partition coefficient (Wildman–Crippen LogP) is 3.40. The first kappa shape index (κ1) is 19.9. The molecule has 150 valence electrons. The zero-order valence-electron chi connectivity index (χ0n) is 15.3. The fourth-order valence-electron chi connectivity index (χ4n) is 3.57. The molecule has 2 saturated heterocycles. The monoisotopic (exact) mass is 385 g/mol. The fraction of sp³-hybridized carbons (Fsp3) is 0.632. The molecule has 1 aromatic rings. The van der Waals surface area contributed by atoms with Crippen molar-refractivity contribution < 1.29 is 22.7 Å². The van der Waals surface area contributed by atoms with Gasteiger partial charge in [-0.15, -0.1) is 0 Å². The standard InChI is InChI=1S/C19H26F3N3O2/c20-19(21,22)14-6-7-17(25-8-2-1-3-9-25)16(11-14)24-18(26)13-23-12-15-5-4-10-27-15/h6-7,11,15,23H,1-5,8-10,12-13H2,(H,24,26). The average molecular weight is 385 g/mol. The summed E-state index contributed by atoms with van der Waals surface area (Å²) in [6.07, 6.45) is 0.748. The van der Waals surface area contributed by atoms with Gasteiger partial charge >= 0.3 is 6.18 Å². The molecule has 1 unspecified atom stereocenters. The van der Waals surface area contributed by atoms with E-state index in [0.29, 0.717) is 12.2 Å². The third-order valence-electron chi connectivity index (χ3n) is 4.98. The third kappa shape index (κ3) is 5.59. The van der Waals surface area contributed by atoms with Crippen LogP contribution in [-0.4, -0.2) is 44.8 Å². The van der Waals surface area contributed by atoms with Gasteiger partial charge in [0, 0.05) is 26.2 Å². The maximum absolute atomic E-state index is 13.1. The fourth-order valence-corrected chi connectivity index (χ4v) is 3.57. The minimum atomic E-state index is -4.45. The number of piperidine rings is 1. The van der Waals surface area contributed by atoms with Gasteiger partial charge in [0.2, 0.25) is 5.91 Å². The largest absolute Gasteiger partial charge is 0.416 e. The maximum Gasteiger partial charge on any atom is 0.416 e. The van der Waals surface area contributed by atoms with E-state index in [-0.39, 0.29) is 24.2 Å². The van der Waals surface area contributed by atoms with Gasteiger partial charge in [0.15, 0.2) is 0 Å². The van der Waals surface area contributed by atoms with Gasteiger partial charge < -0.3 is 20.3 Å². The van der Waals surface area contributed by atoms with Crippen LogP contribution in [0.15, 0.2) is 18.2 Å². The number of ether oxygens (including phenoxy) is 1. The Morgan fingerprint density at radius 1 is 1.19 bits per heavy atom. The summed E-state index contributed by atoms with van der Waals surface area (Å²) < 4.78 is 44.8. The lowest BCUT2D eigenvalue weighted by atomic mass is 10.1. The Hall–Kier alpha value is -1.80. The van der Waals surface area contributed by atoms with Crippen LogP contribution in [0.1, 0.15) is 37.7 Å². The van der Waals surface area contributed by atoms with Gasteiger partial charge in [-0.05, 0) is 50.3 Å². The molecule has 0 aromatic heterocycles. The van der Waals surface area contributed by atoms with Crippen molar-refractivity contribution in [2.24, 2.45) is 0 Å². The van der Waals surface area contributed by atoms with Gasteiger partial charge in [-0.25, -0.2) is 0 Å². The predicted molar refractivity (Wildman–Crippen MR) is 98.0 cm³/mol. The number of rotatable bonds is 6. The molecule has 0 radical (unpaired) electrons. The van der Waals surface area contributed by atoms with Crippen molar-refractivity contribution in [3.8, 4) is 0 Å². The summed E-state index contributed by atoms with van der Waals surface area (Å²) >= 11 is 0. The van der Waals surface area contributed by atoms with Crippen LogP contribution < -0.4 is 15.5 Å². The quantitative estimate of drug-likeness (QED) is 0.788. The van der Waals surface area contributed by atoms with Gasteiger partial charge in [-0.2, -0.15) is 13.2 Å². The summed E-state index contributed by atoms with van der Waals surface area (Å²) in [5.74, 6) is -0.356. The molecule has 27 heavy (non-hydrogen) atoms. The minimum Gasteiger partial charge on any atom is -0.377 e. The van der Waals surface area contributed by atoms with Gasteiger partial charge in [0.1, 0.15) is 0 Å². The first-order valence-electron chi connectivity index (χ1n) is 9.52. The molecule has 2 aliphatic heterocycles. The highest BCUT2D eigenvalue weighted by atomic mass is 19.4. The molecule has 2 aliphatic rings. The Labute approximate surface area is 157 Å². The summed E-state index contributed by atoms with van der Waals surface area (Å²) in [6, 6.07) is 3.57. The second kappa shape index (κ2) is 8.93. The van der Waals surface area contributed by atoms with Crippen molar-refractivity contribution in [3.63, 3.8) is 0 Å². The van der Waals surface area contributed by atoms with Crippen LogP contribution in [0.4, 0.5) is 24.5 Å². The summed E-state index contributed by atoms with van der Waals surface area (Å²) in [5, 5.41) is 5.68. The smallest absolute Gasteiger partial charge is 0.377 e. The molecule has 0 saturated carbocycles. The number of hydrogen-bond donors (Lipinski definition) is 2. The zero-order valence-corrected chi connectivity index (χ0v) is 15.3. The number of halogens is 3. The second-order valence-electron chi connectivity index (χ2n) is 7.09. The van der Waals surface area contributed by atoms with Gasteiger partial charge in [0.05, 0.1) is 29.6 Å². The van der Waals surface area contributed by atoms with Gasteiger partial charge in [-0.1, -0.05) is 0 Å². The third-order valence-corrected chi connectivity index (χ3v) is 4.98. The van der Waals surface area contributed by atoms with Gasteiger partial charge in [-0.3, -0.25) is 4.79 Å². The lowest BCUT2D eigenvalue weighted by Crippen LogP contribution is -2.34. The summed E-state index contributed by atoms with van der Waals surface area (Å²) in [4.78, 5) is 14.3. The molecule has 2 heterocycles. The number of anilines is 2. The first-order chi connectivity index (χ1) is 12.9. The van der Waals surface area contributed by atoms with E-state index in [4.69, 9.17) is 4.74 Å². The maximum atomic E-state index is 13.1. The lowest BCUT2D eigenvalue weighted by molar-refractivity contribution is -0.137. The van der Waals surface area contributed by atoms with Gasteiger partial charge in [0.25, 0.3) is 0 Å². The molecule has 1 atom stereocenters. The number of amides is 1. The van der Waals surface area contributed by atoms with E-state index in [2.05, 4.69) is 10.6 Å². The molecule has 0 bridgehead atoms. The van der Waals surface area contributed by atoms with Crippen LogP contribution >= 0.6 is 0 Å². The molecule has 8 heteroatoms. The molecule has 5 nitrogen and oxygen atoms in total. The Morgan fingerprint density at radius 2 is 1.96 bits per heavy atom. The van der Waals surface area contributed by atoms with Crippen molar-refractivity contribution in [2.75, 3.05) is 43.0 Å². The minimum absolute atomic E-state index is 0.0372. The topological polar surface area (TPSA) is 53.6 Å². The van der Waals surface area contributed by atoms with E-state index < -0.39 is 11.7 Å². The molecule has 2 fully saturated rings. The summed E-state index contributed by atoms with van der Waals surface area (Å²) in [5.41, 5.74) is 0.108. The van der Waals surface area contributed by atoms with E-state index >= 15 is 0 Å². The molecular weight excluding hydrogens is 359 g/mol. The SMILES string of the molecule is O=C(CNCC1CCCO1)Nc1cc(C(F)(F)F)ccc1N1CCCCC1. The molecule has 1 aromatic carbocycles. The molecule has 2 N–H and O–H groups in total. The zero-order chi connectivity index (χ0) is 19.3. The molecular formula is C19H26F3N3O2. The Bertz CT molecular complexity index is 640. The van der Waals surface area contributed by atoms with Crippen LogP contribution in [-0.2, 0) is 15.7 Å². The van der Waals surface area contributed by atoms with Crippen molar-refractivity contribution in [1.82, 2.24) is 5.32 Å². The average Bonchev–Trinajstić information content (AvgIpc) is 3.15. The highest BCUT2D eigenvalue weighted by Gasteiger charge is 2.31. The van der Waals surface area contributed by atoms with E-state index in [0.717, 1.165) is 63.9 Å². The van der Waals surface area contributed by atoms with E-state index in [1.54, 1.807) is 0 Å². The van der Waals surface area contributed by atoms with Crippen LogP contribution in [0, 0.1) is 0 Å². The van der Waals surface area contributed by atoms with E-state index in [1.165, 1.54) is 6.07 Å². The summed E-state index contributed by atoms with van der Waals surface area (Å²) in [6.45, 7) is 2.91. The number of nitrogens with zero attached hydrogens (tertiary/aromatic N) is 1. The first-order valence-corrected chi connectivity index (χ1v) is 9.52. The van der Waals surface area contributed by atoms with Crippen molar-refractivity contribution >= 4 is 17.3 Å². The number of benzene rings is 1. The Balaban J connectivity index is 1.67. The molecule has 3 rings (SSSR count). The number of alkyl halides is 3. The number of nitrogens with one attached hydrogen (secondary N) is 2. The van der Waals surface area contributed by atoms with Crippen LogP contribution in [0.25, 0.3) is 0 Å². The lowest BCUT2D eigenvalue weighted by Gasteiger charge is -2.31.